The number of nitriles is 1. The van der Waals surface area contributed by atoms with Crippen LogP contribution >= 0.6 is 11.8 Å². The highest BCUT2D eigenvalue weighted by atomic mass is 32.2. The van der Waals surface area contributed by atoms with E-state index in [9.17, 15) is 0 Å². The van der Waals surface area contributed by atoms with Crippen molar-refractivity contribution in [3.8, 4) is 6.07 Å². The molecule has 0 fully saturated rings. The molecule has 1 aromatic rings. The molecule has 1 heterocycles. The first kappa shape index (κ1) is 9.01. The van der Waals surface area contributed by atoms with Gasteiger partial charge in [0, 0.05) is 17.9 Å². The normalized spacial score (nSPS) is 12.0. The third-order valence-corrected chi connectivity index (χ3v) is 2.31. The molecule has 0 aromatic carbocycles. The average molecular weight is 179 g/mol. The Morgan fingerprint density at radius 3 is 3.17 bits per heavy atom. The van der Waals surface area contributed by atoms with E-state index in [4.69, 9.17) is 5.26 Å². The van der Waals surface area contributed by atoms with Crippen LogP contribution in [0.5, 0.6) is 0 Å². The molecule has 0 amide bonds. The van der Waals surface area contributed by atoms with Crippen molar-refractivity contribution in [2.45, 2.75) is 23.6 Å². The number of nitrogens with zero attached hydrogens (tertiary/aromatic N) is 3. The van der Waals surface area contributed by atoms with Gasteiger partial charge in [-0.3, -0.25) is 0 Å². The van der Waals surface area contributed by atoms with Crippen molar-refractivity contribution in [1.82, 2.24) is 9.97 Å². The van der Waals surface area contributed by atoms with E-state index in [0.717, 1.165) is 5.03 Å². The van der Waals surface area contributed by atoms with Crippen LogP contribution in [0.2, 0.25) is 0 Å². The van der Waals surface area contributed by atoms with Crippen molar-refractivity contribution in [1.29, 1.82) is 5.26 Å². The van der Waals surface area contributed by atoms with Gasteiger partial charge in [0.2, 0.25) is 0 Å². The lowest BCUT2D eigenvalue weighted by atomic mass is 10.4. The lowest BCUT2D eigenvalue weighted by Crippen LogP contribution is -1.94. The SMILES string of the molecule is CC(CC#N)Sc1ccncn1. The monoisotopic (exact) mass is 179 g/mol. The van der Waals surface area contributed by atoms with Gasteiger partial charge < -0.3 is 0 Å². The largest absolute Gasteiger partial charge is 0.245 e. The van der Waals surface area contributed by atoms with Crippen LogP contribution in [-0.4, -0.2) is 15.2 Å². The van der Waals surface area contributed by atoms with Gasteiger partial charge in [-0.2, -0.15) is 5.26 Å². The number of rotatable bonds is 3. The van der Waals surface area contributed by atoms with E-state index in [-0.39, 0.29) is 0 Å². The van der Waals surface area contributed by atoms with E-state index in [2.05, 4.69) is 16.0 Å². The molecule has 3 nitrogen and oxygen atoms in total. The maximum atomic E-state index is 8.42. The Bertz CT molecular complexity index is 267. The molecule has 0 saturated heterocycles. The summed E-state index contributed by atoms with van der Waals surface area (Å²) in [6.45, 7) is 2.01. The third-order valence-electron chi connectivity index (χ3n) is 1.26. The predicted molar refractivity (Wildman–Crippen MR) is 47.6 cm³/mol. The lowest BCUT2D eigenvalue weighted by molar-refractivity contribution is 0.971. The summed E-state index contributed by atoms with van der Waals surface area (Å²) >= 11 is 1.59. The maximum Gasteiger partial charge on any atom is 0.116 e. The molecule has 1 atom stereocenters. The second-order valence-corrected chi connectivity index (χ2v) is 3.80. The molecule has 0 aliphatic carbocycles. The van der Waals surface area contributed by atoms with Gasteiger partial charge in [-0.1, -0.05) is 6.92 Å². The van der Waals surface area contributed by atoms with E-state index < -0.39 is 0 Å². The van der Waals surface area contributed by atoms with Gasteiger partial charge in [-0.05, 0) is 6.07 Å². The van der Waals surface area contributed by atoms with Crippen molar-refractivity contribution in [3.05, 3.63) is 18.6 Å². The molecular formula is C8H9N3S. The van der Waals surface area contributed by atoms with E-state index >= 15 is 0 Å². The molecule has 0 aliphatic heterocycles. The summed E-state index contributed by atoms with van der Waals surface area (Å²) in [6.07, 6.45) is 3.77. The number of thioether (sulfide) groups is 1. The second-order valence-electron chi connectivity index (χ2n) is 2.34. The Morgan fingerprint density at radius 1 is 1.75 bits per heavy atom. The van der Waals surface area contributed by atoms with Crippen LogP contribution < -0.4 is 0 Å². The summed E-state index contributed by atoms with van der Waals surface area (Å²) in [5.41, 5.74) is 0. The van der Waals surface area contributed by atoms with Crippen LogP contribution in [0.3, 0.4) is 0 Å². The minimum atomic E-state index is 0.296. The summed E-state index contributed by atoms with van der Waals surface area (Å²) in [5.74, 6) is 0. The molecule has 1 unspecified atom stereocenters. The molecule has 0 aliphatic rings. The van der Waals surface area contributed by atoms with E-state index in [0.29, 0.717) is 11.7 Å². The van der Waals surface area contributed by atoms with Crippen molar-refractivity contribution < 1.29 is 0 Å². The smallest absolute Gasteiger partial charge is 0.116 e. The van der Waals surface area contributed by atoms with Gasteiger partial charge in [-0.25, -0.2) is 9.97 Å². The molecule has 62 valence electrons. The molecule has 1 rings (SSSR count). The molecule has 1 aromatic heterocycles. The molecule has 4 heteroatoms. The van der Waals surface area contributed by atoms with Crippen LogP contribution in [0.25, 0.3) is 0 Å². The van der Waals surface area contributed by atoms with Crippen molar-refractivity contribution in [2.24, 2.45) is 0 Å². The van der Waals surface area contributed by atoms with E-state index in [1.807, 2.05) is 13.0 Å². The van der Waals surface area contributed by atoms with Gasteiger partial charge in [0.15, 0.2) is 0 Å². The summed E-state index contributed by atoms with van der Waals surface area (Å²) < 4.78 is 0. The molecule has 0 radical (unpaired) electrons. The highest BCUT2D eigenvalue weighted by Crippen LogP contribution is 2.21. The fourth-order valence-electron chi connectivity index (χ4n) is 0.725. The van der Waals surface area contributed by atoms with Crippen LogP contribution in [0.4, 0.5) is 0 Å². The first-order valence-electron chi connectivity index (χ1n) is 3.62. The quantitative estimate of drug-likeness (QED) is 0.525. The zero-order chi connectivity index (χ0) is 8.81. The molecular weight excluding hydrogens is 170 g/mol. The molecule has 0 bridgehead atoms. The Labute approximate surface area is 75.8 Å². The highest BCUT2D eigenvalue weighted by Gasteiger charge is 2.03. The van der Waals surface area contributed by atoms with Gasteiger partial charge >= 0.3 is 0 Å². The summed E-state index contributed by atoms with van der Waals surface area (Å²) in [4.78, 5) is 7.85. The molecule has 0 N–H and O–H groups in total. The zero-order valence-electron chi connectivity index (χ0n) is 6.77. The lowest BCUT2D eigenvalue weighted by Gasteiger charge is -2.03. The minimum absolute atomic E-state index is 0.296. The Morgan fingerprint density at radius 2 is 2.58 bits per heavy atom. The third kappa shape index (κ3) is 2.89. The van der Waals surface area contributed by atoms with Gasteiger partial charge in [0.05, 0.1) is 11.1 Å². The van der Waals surface area contributed by atoms with Gasteiger partial charge in [0.1, 0.15) is 6.33 Å². The van der Waals surface area contributed by atoms with E-state index in [1.165, 1.54) is 6.33 Å². The fourth-order valence-corrected chi connectivity index (χ4v) is 1.54. The van der Waals surface area contributed by atoms with Gasteiger partial charge in [-0.15, -0.1) is 11.8 Å². The highest BCUT2D eigenvalue weighted by molar-refractivity contribution is 7.99. The Hall–Kier alpha value is -1.08. The first-order chi connectivity index (χ1) is 5.83. The zero-order valence-corrected chi connectivity index (χ0v) is 7.58. The topological polar surface area (TPSA) is 49.6 Å². The molecule has 0 spiro atoms. The van der Waals surface area contributed by atoms with Crippen LogP contribution in [0.1, 0.15) is 13.3 Å². The summed E-state index contributed by atoms with van der Waals surface area (Å²) in [7, 11) is 0. The van der Waals surface area contributed by atoms with E-state index in [1.54, 1.807) is 18.0 Å². The number of hydrogen-bond donors (Lipinski definition) is 0. The van der Waals surface area contributed by atoms with Crippen LogP contribution in [0.15, 0.2) is 23.6 Å². The maximum absolute atomic E-state index is 8.42. The molecule has 0 saturated carbocycles. The first-order valence-corrected chi connectivity index (χ1v) is 4.50. The average Bonchev–Trinajstić information content (AvgIpc) is 2.06. The van der Waals surface area contributed by atoms with Gasteiger partial charge in [0.25, 0.3) is 0 Å². The van der Waals surface area contributed by atoms with Crippen molar-refractivity contribution >= 4 is 11.8 Å². The number of hydrogen-bond acceptors (Lipinski definition) is 4. The van der Waals surface area contributed by atoms with Crippen LogP contribution in [0, 0.1) is 11.3 Å². The summed E-state index contributed by atoms with van der Waals surface area (Å²) in [6, 6.07) is 3.97. The van der Waals surface area contributed by atoms with Crippen LogP contribution in [-0.2, 0) is 0 Å². The standard InChI is InChI=1S/C8H9N3S/c1-7(2-4-9)12-8-3-5-10-6-11-8/h3,5-7H,2H2,1H3. The molecule has 12 heavy (non-hydrogen) atoms. The van der Waals surface area contributed by atoms with Crippen molar-refractivity contribution in [2.75, 3.05) is 0 Å². The Balaban J connectivity index is 2.48. The minimum Gasteiger partial charge on any atom is -0.245 e. The second kappa shape index (κ2) is 4.73. The Kier molecular flexibility index (Phi) is 3.55. The predicted octanol–water partition coefficient (Wildman–Crippen LogP) is 1.87. The number of aromatic nitrogens is 2. The van der Waals surface area contributed by atoms with Crippen molar-refractivity contribution in [3.63, 3.8) is 0 Å². The fraction of sp³-hybridized carbons (Fsp3) is 0.375. The summed E-state index contributed by atoms with van der Waals surface area (Å²) in [5, 5.41) is 9.64.